The number of hydrogen-bond acceptors (Lipinski definition) is 4. The smallest absolute Gasteiger partial charge is 0.310 e. The fourth-order valence-electron chi connectivity index (χ4n) is 2.88. The van der Waals surface area contributed by atoms with E-state index in [0.717, 1.165) is 4.90 Å². The number of aliphatic carboxylic acids is 1. The molecule has 3 rings (SSSR count). The highest BCUT2D eigenvalue weighted by molar-refractivity contribution is 7.98. The van der Waals surface area contributed by atoms with Crippen LogP contribution >= 0.6 is 11.8 Å². The summed E-state index contributed by atoms with van der Waals surface area (Å²) in [6.45, 7) is 0. The summed E-state index contributed by atoms with van der Waals surface area (Å²) in [7, 11) is 0. The number of carboxylic acid groups (broad SMARTS) is 1. The Hall–Kier alpha value is -1.79. The number of rotatable bonds is 4. The zero-order valence-corrected chi connectivity index (χ0v) is 12.2. The van der Waals surface area contributed by atoms with Crippen LogP contribution < -0.4 is 5.32 Å². The summed E-state index contributed by atoms with van der Waals surface area (Å²) < 4.78 is 5.52. The van der Waals surface area contributed by atoms with Crippen LogP contribution in [-0.2, 0) is 14.3 Å². The van der Waals surface area contributed by atoms with Crippen LogP contribution in [0.5, 0.6) is 0 Å². The van der Waals surface area contributed by atoms with E-state index in [-0.39, 0.29) is 5.91 Å². The van der Waals surface area contributed by atoms with E-state index in [9.17, 15) is 14.7 Å². The molecule has 1 aromatic rings. The van der Waals surface area contributed by atoms with Gasteiger partial charge in [0.05, 0.1) is 23.8 Å². The van der Waals surface area contributed by atoms with Gasteiger partial charge in [-0.25, -0.2) is 0 Å². The molecule has 5 nitrogen and oxygen atoms in total. The van der Waals surface area contributed by atoms with Gasteiger partial charge >= 0.3 is 5.97 Å². The molecule has 2 N–H and O–H groups in total. The summed E-state index contributed by atoms with van der Waals surface area (Å²) in [5.74, 6) is -2.81. The fraction of sp³-hybridized carbons (Fsp3) is 0.333. The van der Waals surface area contributed by atoms with Crippen LogP contribution in [-0.4, -0.2) is 35.4 Å². The molecule has 0 saturated carbocycles. The SMILES string of the molecule is CSc1ccccc1NC(=O)[C@@H]1[C@@H](C(=O)O)[C@@H]2C=C[C@@H]1O2. The van der Waals surface area contributed by atoms with Crippen molar-refractivity contribution < 1.29 is 19.4 Å². The van der Waals surface area contributed by atoms with Crippen LogP contribution in [0.2, 0.25) is 0 Å². The number of hydrogen-bond donors (Lipinski definition) is 2. The van der Waals surface area contributed by atoms with Gasteiger partial charge in [0.25, 0.3) is 0 Å². The standard InChI is InChI=1S/C15H15NO4S/c1-21-11-5-3-2-4-8(11)16-14(17)12-9-6-7-10(20-9)13(12)15(18)19/h2-7,9-10,12-13H,1H3,(H,16,17)(H,18,19)/t9-,10-,12-,13-/m0/s1. The first-order valence-corrected chi connectivity index (χ1v) is 7.85. The molecular weight excluding hydrogens is 290 g/mol. The van der Waals surface area contributed by atoms with Gasteiger partial charge in [0, 0.05) is 4.90 Å². The topological polar surface area (TPSA) is 75.6 Å². The number of thioether (sulfide) groups is 1. The number of nitrogens with one attached hydrogen (secondary N) is 1. The third kappa shape index (κ3) is 2.45. The number of amides is 1. The van der Waals surface area contributed by atoms with E-state index in [0.29, 0.717) is 5.69 Å². The molecule has 1 fully saturated rings. The molecular formula is C15H15NO4S. The molecule has 6 heteroatoms. The van der Waals surface area contributed by atoms with Crippen molar-refractivity contribution in [1.29, 1.82) is 0 Å². The monoisotopic (exact) mass is 305 g/mol. The van der Waals surface area contributed by atoms with Crippen LogP contribution in [0, 0.1) is 11.8 Å². The Morgan fingerprint density at radius 2 is 1.86 bits per heavy atom. The van der Waals surface area contributed by atoms with Gasteiger partial charge in [-0.1, -0.05) is 24.3 Å². The maximum Gasteiger partial charge on any atom is 0.310 e. The van der Waals surface area contributed by atoms with Gasteiger partial charge in [-0.05, 0) is 18.4 Å². The largest absolute Gasteiger partial charge is 0.481 e. The van der Waals surface area contributed by atoms with Crippen molar-refractivity contribution in [1.82, 2.24) is 0 Å². The molecule has 2 aliphatic heterocycles. The second kappa shape index (κ2) is 5.54. The summed E-state index contributed by atoms with van der Waals surface area (Å²) >= 11 is 1.53. The number of anilines is 1. The third-order valence-electron chi connectivity index (χ3n) is 3.85. The van der Waals surface area contributed by atoms with Gasteiger partial charge < -0.3 is 15.2 Å². The summed E-state index contributed by atoms with van der Waals surface area (Å²) in [5.41, 5.74) is 0.700. The lowest BCUT2D eigenvalue weighted by atomic mass is 9.82. The van der Waals surface area contributed by atoms with Crippen LogP contribution in [0.15, 0.2) is 41.3 Å². The molecule has 1 aromatic carbocycles. The molecule has 0 spiro atoms. The highest BCUT2D eigenvalue weighted by Gasteiger charge is 2.53. The molecule has 0 radical (unpaired) electrons. The Bertz CT molecular complexity index is 615. The summed E-state index contributed by atoms with van der Waals surface area (Å²) in [5, 5.41) is 12.2. The highest BCUT2D eigenvalue weighted by atomic mass is 32.2. The van der Waals surface area contributed by atoms with Crippen molar-refractivity contribution in [3.63, 3.8) is 0 Å². The summed E-state index contributed by atoms with van der Waals surface area (Å²) in [6, 6.07) is 7.45. The van der Waals surface area contributed by atoms with E-state index < -0.39 is 30.0 Å². The minimum absolute atomic E-state index is 0.305. The number of ether oxygens (including phenoxy) is 1. The number of benzene rings is 1. The van der Waals surface area contributed by atoms with Gasteiger partial charge in [0.2, 0.25) is 5.91 Å². The average Bonchev–Trinajstić information content (AvgIpc) is 3.08. The minimum Gasteiger partial charge on any atom is -0.481 e. The quantitative estimate of drug-likeness (QED) is 0.657. The first-order valence-electron chi connectivity index (χ1n) is 6.62. The van der Waals surface area contributed by atoms with Crippen molar-refractivity contribution in [2.24, 2.45) is 11.8 Å². The van der Waals surface area contributed by atoms with Crippen LogP contribution in [0.4, 0.5) is 5.69 Å². The van der Waals surface area contributed by atoms with E-state index in [1.165, 1.54) is 11.8 Å². The molecule has 1 saturated heterocycles. The van der Waals surface area contributed by atoms with Crippen molar-refractivity contribution >= 4 is 29.3 Å². The molecule has 2 aliphatic rings. The lowest BCUT2D eigenvalue weighted by Crippen LogP contribution is -2.39. The van der Waals surface area contributed by atoms with Crippen molar-refractivity contribution in [2.75, 3.05) is 11.6 Å². The Balaban J connectivity index is 1.82. The van der Waals surface area contributed by atoms with Crippen molar-refractivity contribution in [3.8, 4) is 0 Å². The average molecular weight is 305 g/mol. The molecule has 1 amide bonds. The van der Waals surface area contributed by atoms with E-state index >= 15 is 0 Å². The first-order chi connectivity index (χ1) is 10.1. The molecule has 0 aliphatic carbocycles. The van der Waals surface area contributed by atoms with Crippen molar-refractivity contribution in [3.05, 3.63) is 36.4 Å². The van der Waals surface area contributed by atoms with E-state index in [4.69, 9.17) is 4.74 Å². The predicted octanol–water partition coefficient (Wildman–Crippen LogP) is 2.00. The maximum atomic E-state index is 12.5. The van der Waals surface area contributed by atoms with Crippen LogP contribution in [0.1, 0.15) is 0 Å². The zero-order valence-electron chi connectivity index (χ0n) is 11.4. The lowest BCUT2D eigenvalue weighted by molar-refractivity contribution is -0.145. The van der Waals surface area contributed by atoms with Crippen LogP contribution in [0.3, 0.4) is 0 Å². The zero-order chi connectivity index (χ0) is 15.0. The molecule has 0 aromatic heterocycles. The lowest BCUT2D eigenvalue weighted by Gasteiger charge is -2.21. The van der Waals surface area contributed by atoms with Gasteiger partial charge in [0.1, 0.15) is 5.92 Å². The molecule has 21 heavy (non-hydrogen) atoms. The Labute approximate surface area is 126 Å². The third-order valence-corrected chi connectivity index (χ3v) is 4.65. The molecule has 0 unspecified atom stereocenters. The van der Waals surface area contributed by atoms with E-state index in [1.807, 2.05) is 30.5 Å². The number of fused-ring (bicyclic) bond motifs is 2. The van der Waals surface area contributed by atoms with Crippen molar-refractivity contribution in [2.45, 2.75) is 17.1 Å². The second-order valence-electron chi connectivity index (χ2n) is 5.03. The normalized spacial score (nSPS) is 29.6. The van der Waals surface area contributed by atoms with Crippen LogP contribution in [0.25, 0.3) is 0 Å². The number of carbonyl (C=O) groups excluding carboxylic acids is 1. The molecule has 2 bridgehead atoms. The van der Waals surface area contributed by atoms with Gasteiger partial charge in [-0.2, -0.15) is 0 Å². The Kier molecular flexibility index (Phi) is 3.73. The Morgan fingerprint density at radius 1 is 1.19 bits per heavy atom. The minimum atomic E-state index is -0.995. The van der Waals surface area contributed by atoms with E-state index in [2.05, 4.69) is 5.32 Å². The number of para-hydroxylation sites is 1. The first kappa shape index (κ1) is 14.2. The molecule has 2 heterocycles. The highest BCUT2D eigenvalue weighted by Crippen LogP contribution is 2.40. The maximum absolute atomic E-state index is 12.5. The number of carboxylic acids is 1. The summed E-state index contributed by atoms with van der Waals surface area (Å²) in [4.78, 5) is 24.8. The predicted molar refractivity (Wildman–Crippen MR) is 79.3 cm³/mol. The van der Waals surface area contributed by atoms with Gasteiger partial charge in [-0.3, -0.25) is 9.59 Å². The van der Waals surface area contributed by atoms with Gasteiger partial charge in [-0.15, -0.1) is 11.8 Å². The van der Waals surface area contributed by atoms with Gasteiger partial charge in [0.15, 0.2) is 0 Å². The Morgan fingerprint density at radius 3 is 2.52 bits per heavy atom. The summed E-state index contributed by atoms with van der Waals surface area (Å²) in [6.07, 6.45) is 4.48. The fourth-order valence-corrected chi connectivity index (χ4v) is 3.43. The molecule has 110 valence electrons. The van der Waals surface area contributed by atoms with E-state index in [1.54, 1.807) is 12.2 Å². The number of carbonyl (C=O) groups is 2. The molecule has 4 atom stereocenters. The second-order valence-corrected chi connectivity index (χ2v) is 5.88.